The van der Waals surface area contributed by atoms with Crippen molar-refractivity contribution in [3.8, 4) is 0 Å². The quantitative estimate of drug-likeness (QED) is 0.689. The van der Waals surface area contributed by atoms with E-state index in [2.05, 4.69) is 10.4 Å². The first-order valence-corrected chi connectivity index (χ1v) is 6.16. The molecule has 5 heteroatoms. The van der Waals surface area contributed by atoms with Gasteiger partial charge in [-0.1, -0.05) is 20.3 Å². The van der Waals surface area contributed by atoms with Gasteiger partial charge in [0.25, 0.3) is 0 Å². The number of carbonyl (C=O) groups excluding carboxylic acids is 1. The maximum atomic E-state index is 11.6. The number of nitrogens with one attached hydrogen (secondary N) is 1. The van der Waals surface area contributed by atoms with Crippen molar-refractivity contribution >= 4 is 5.91 Å². The maximum Gasteiger partial charge on any atom is 0.237 e. The van der Waals surface area contributed by atoms with Gasteiger partial charge in [-0.3, -0.25) is 9.48 Å². The van der Waals surface area contributed by atoms with Crippen molar-refractivity contribution in [3.05, 3.63) is 18.5 Å². The molecule has 1 heterocycles. The Labute approximate surface area is 102 Å². The Hall–Kier alpha value is -1.36. The lowest BCUT2D eigenvalue weighted by molar-refractivity contribution is -0.123. The average molecular weight is 238 g/mol. The van der Waals surface area contributed by atoms with Crippen LogP contribution in [0.15, 0.2) is 18.5 Å². The fourth-order valence-electron chi connectivity index (χ4n) is 1.52. The molecule has 1 rings (SSSR count). The number of nitrogens with zero attached hydrogens (tertiary/aromatic N) is 2. The highest BCUT2D eigenvalue weighted by Crippen LogP contribution is 2.04. The first-order valence-electron chi connectivity index (χ1n) is 6.16. The van der Waals surface area contributed by atoms with Gasteiger partial charge in [0.05, 0.1) is 6.04 Å². The summed E-state index contributed by atoms with van der Waals surface area (Å²) < 4.78 is 1.85. The molecule has 0 fully saturated rings. The number of nitrogens with two attached hydrogens (primary N) is 1. The molecule has 0 aromatic carbocycles. The number of rotatable bonds is 7. The van der Waals surface area contributed by atoms with Crippen LogP contribution in [0.1, 0.15) is 26.7 Å². The van der Waals surface area contributed by atoms with Crippen LogP contribution in [0.3, 0.4) is 0 Å². The molecule has 0 aliphatic carbocycles. The number of aryl methyl sites for hydroxylation is 1. The fourth-order valence-corrected chi connectivity index (χ4v) is 1.52. The Morgan fingerprint density at radius 2 is 2.35 bits per heavy atom. The van der Waals surface area contributed by atoms with Gasteiger partial charge in [0, 0.05) is 25.5 Å². The second-order valence-corrected chi connectivity index (χ2v) is 4.33. The van der Waals surface area contributed by atoms with Gasteiger partial charge in [0.1, 0.15) is 0 Å². The molecule has 0 radical (unpaired) electrons. The van der Waals surface area contributed by atoms with Crippen LogP contribution in [0, 0.1) is 5.92 Å². The predicted octanol–water partition coefficient (Wildman–Crippen LogP) is 0.763. The molecule has 17 heavy (non-hydrogen) atoms. The molecule has 1 unspecified atom stereocenters. The van der Waals surface area contributed by atoms with E-state index >= 15 is 0 Å². The van der Waals surface area contributed by atoms with Crippen LogP contribution in [-0.2, 0) is 11.3 Å². The third-order valence-corrected chi connectivity index (χ3v) is 2.98. The van der Waals surface area contributed by atoms with Crippen molar-refractivity contribution in [2.75, 3.05) is 6.54 Å². The van der Waals surface area contributed by atoms with Crippen LogP contribution in [0.2, 0.25) is 0 Å². The van der Waals surface area contributed by atoms with Gasteiger partial charge < -0.3 is 11.1 Å². The summed E-state index contributed by atoms with van der Waals surface area (Å²) in [5, 5.41) is 6.94. The van der Waals surface area contributed by atoms with Crippen molar-refractivity contribution in [3.63, 3.8) is 0 Å². The molecular weight excluding hydrogens is 216 g/mol. The topological polar surface area (TPSA) is 72.9 Å². The number of carbonyl (C=O) groups is 1. The summed E-state index contributed by atoms with van der Waals surface area (Å²) in [6, 6.07) is 1.49. The Bertz CT molecular complexity index is 323. The minimum Gasteiger partial charge on any atom is -0.355 e. The molecule has 0 saturated heterocycles. The molecule has 1 amide bonds. The minimum absolute atomic E-state index is 0.0557. The van der Waals surface area contributed by atoms with E-state index in [0.29, 0.717) is 6.54 Å². The van der Waals surface area contributed by atoms with Gasteiger partial charge >= 0.3 is 0 Å². The second kappa shape index (κ2) is 7.06. The highest BCUT2D eigenvalue weighted by molar-refractivity contribution is 5.81. The van der Waals surface area contributed by atoms with Gasteiger partial charge in [-0.2, -0.15) is 5.10 Å². The molecule has 0 bridgehead atoms. The van der Waals surface area contributed by atoms with E-state index in [1.165, 1.54) is 0 Å². The normalized spacial score (nSPS) is 14.3. The van der Waals surface area contributed by atoms with Gasteiger partial charge in [-0.15, -0.1) is 0 Å². The van der Waals surface area contributed by atoms with Crippen LogP contribution in [0.4, 0.5) is 0 Å². The van der Waals surface area contributed by atoms with Crippen LogP contribution in [0.5, 0.6) is 0 Å². The largest absolute Gasteiger partial charge is 0.355 e. The molecule has 3 N–H and O–H groups in total. The van der Waals surface area contributed by atoms with Crippen molar-refractivity contribution < 1.29 is 4.79 Å². The van der Waals surface area contributed by atoms with Crippen molar-refractivity contribution in [1.82, 2.24) is 15.1 Å². The molecule has 0 aliphatic rings. The molecule has 0 aliphatic heterocycles. The third kappa shape index (κ3) is 4.56. The SMILES string of the molecule is CCC(C)[C@H](N)C(=O)NCCCn1cccn1. The van der Waals surface area contributed by atoms with E-state index < -0.39 is 6.04 Å². The predicted molar refractivity (Wildman–Crippen MR) is 67.3 cm³/mol. The van der Waals surface area contributed by atoms with E-state index in [4.69, 9.17) is 5.73 Å². The number of amides is 1. The summed E-state index contributed by atoms with van der Waals surface area (Å²) in [5.41, 5.74) is 5.82. The standard InChI is InChI=1S/C12H22N4O/c1-3-10(2)11(13)12(17)14-6-4-8-16-9-5-7-15-16/h5,7,9-11H,3-4,6,8,13H2,1-2H3,(H,14,17)/t10?,11-/m0/s1. The number of aromatic nitrogens is 2. The molecule has 2 atom stereocenters. The molecule has 5 nitrogen and oxygen atoms in total. The minimum atomic E-state index is -0.398. The van der Waals surface area contributed by atoms with Crippen molar-refractivity contribution in [1.29, 1.82) is 0 Å². The number of hydrogen-bond acceptors (Lipinski definition) is 3. The number of hydrogen-bond donors (Lipinski definition) is 2. The van der Waals surface area contributed by atoms with Crippen LogP contribution >= 0.6 is 0 Å². The highest BCUT2D eigenvalue weighted by Gasteiger charge is 2.18. The van der Waals surface area contributed by atoms with Crippen LogP contribution in [0.25, 0.3) is 0 Å². The summed E-state index contributed by atoms with van der Waals surface area (Å²) in [4.78, 5) is 11.6. The zero-order valence-corrected chi connectivity index (χ0v) is 10.6. The Morgan fingerprint density at radius 1 is 1.59 bits per heavy atom. The first-order chi connectivity index (χ1) is 8.15. The Kier molecular flexibility index (Phi) is 5.69. The highest BCUT2D eigenvalue weighted by atomic mass is 16.2. The summed E-state index contributed by atoms with van der Waals surface area (Å²) >= 11 is 0. The van der Waals surface area contributed by atoms with Gasteiger partial charge in [-0.05, 0) is 18.4 Å². The van der Waals surface area contributed by atoms with E-state index in [9.17, 15) is 4.79 Å². The second-order valence-electron chi connectivity index (χ2n) is 4.33. The molecule has 0 spiro atoms. The Balaban J connectivity index is 2.16. The summed E-state index contributed by atoms with van der Waals surface area (Å²) in [7, 11) is 0. The fraction of sp³-hybridized carbons (Fsp3) is 0.667. The van der Waals surface area contributed by atoms with Gasteiger partial charge in [0.2, 0.25) is 5.91 Å². The molecule has 1 aromatic heterocycles. The zero-order valence-electron chi connectivity index (χ0n) is 10.6. The maximum absolute atomic E-state index is 11.6. The molecular formula is C12H22N4O. The van der Waals surface area contributed by atoms with E-state index in [-0.39, 0.29) is 11.8 Å². The Morgan fingerprint density at radius 3 is 2.94 bits per heavy atom. The van der Waals surface area contributed by atoms with Gasteiger partial charge in [-0.25, -0.2) is 0 Å². The van der Waals surface area contributed by atoms with E-state index in [0.717, 1.165) is 19.4 Å². The summed E-state index contributed by atoms with van der Waals surface area (Å²) in [6.07, 6.45) is 5.44. The van der Waals surface area contributed by atoms with E-state index in [1.807, 2.05) is 30.8 Å². The lowest BCUT2D eigenvalue weighted by atomic mass is 9.99. The monoisotopic (exact) mass is 238 g/mol. The zero-order chi connectivity index (χ0) is 12.7. The third-order valence-electron chi connectivity index (χ3n) is 2.98. The molecule has 0 saturated carbocycles. The average Bonchev–Trinajstić information content (AvgIpc) is 2.85. The van der Waals surface area contributed by atoms with Crippen molar-refractivity contribution in [2.45, 2.75) is 39.3 Å². The summed E-state index contributed by atoms with van der Waals surface area (Å²) in [5.74, 6) is 0.168. The smallest absolute Gasteiger partial charge is 0.237 e. The summed E-state index contributed by atoms with van der Waals surface area (Å²) in [6.45, 7) is 5.48. The van der Waals surface area contributed by atoms with Crippen LogP contribution in [-0.4, -0.2) is 28.3 Å². The lowest BCUT2D eigenvalue weighted by Crippen LogP contribution is -2.44. The van der Waals surface area contributed by atoms with Crippen LogP contribution < -0.4 is 11.1 Å². The van der Waals surface area contributed by atoms with E-state index in [1.54, 1.807) is 6.20 Å². The first kappa shape index (κ1) is 13.7. The molecule has 96 valence electrons. The van der Waals surface area contributed by atoms with Gasteiger partial charge in [0.15, 0.2) is 0 Å². The molecule has 1 aromatic rings. The van der Waals surface area contributed by atoms with Crippen molar-refractivity contribution in [2.24, 2.45) is 11.7 Å². The lowest BCUT2D eigenvalue weighted by Gasteiger charge is -2.17.